The fourth-order valence-electron chi connectivity index (χ4n) is 2.63. The molecule has 1 aromatic carbocycles. The fraction of sp³-hybridized carbons (Fsp3) is 0.625. The maximum atomic E-state index is 8.60. The largest absolute Gasteiger partial charge is 0.394 e. The maximum Gasteiger partial charge on any atom is 0.0697 e. The summed E-state index contributed by atoms with van der Waals surface area (Å²) in [6.07, 6.45) is 2.24. The lowest BCUT2D eigenvalue weighted by molar-refractivity contribution is 0.0904. The lowest BCUT2D eigenvalue weighted by atomic mass is 10.2. The monoisotopic (exact) mass is 278 g/mol. The summed E-state index contributed by atoms with van der Waals surface area (Å²) in [7, 11) is 0. The van der Waals surface area contributed by atoms with Crippen molar-refractivity contribution in [1.29, 1.82) is 0 Å². The molecule has 2 rings (SSSR count). The van der Waals surface area contributed by atoms with Crippen LogP contribution in [-0.4, -0.2) is 55.5 Å². The van der Waals surface area contributed by atoms with Gasteiger partial charge >= 0.3 is 0 Å². The molecule has 1 saturated heterocycles. The summed E-state index contributed by atoms with van der Waals surface area (Å²) >= 11 is 0. The van der Waals surface area contributed by atoms with E-state index in [4.69, 9.17) is 9.84 Å². The van der Waals surface area contributed by atoms with Crippen molar-refractivity contribution >= 4 is 0 Å². The van der Waals surface area contributed by atoms with Gasteiger partial charge in [-0.05, 0) is 24.9 Å². The summed E-state index contributed by atoms with van der Waals surface area (Å²) in [4.78, 5) is 2.51. The van der Waals surface area contributed by atoms with Gasteiger partial charge in [-0.25, -0.2) is 0 Å². The van der Waals surface area contributed by atoms with Crippen molar-refractivity contribution in [3.05, 3.63) is 35.9 Å². The Morgan fingerprint density at radius 2 is 2.10 bits per heavy atom. The van der Waals surface area contributed by atoms with Gasteiger partial charge in [-0.15, -0.1) is 0 Å². The minimum atomic E-state index is 0.116. The zero-order chi connectivity index (χ0) is 14.0. The van der Waals surface area contributed by atoms with E-state index in [0.717, 1.165) is 32.7 Å². The third kappa shape index (κ3) is 5.59. The summed E-state index contributed by atoms with van der Waals surface area (Å²) in [6.45, 7) is 5.65. The summed E-state index contributed by atoms with van der Waals surface area (Å²) < 4.78 is 5.25. The van der Waals surface area contributed by atoms with Crippen molar-refractivity contribution in [1.82, 2.24) is 10.2 Å². The SMILES string of the molecule is OCCOCCCNC1CCN(Cc2ccccc2)C1. The molecule has 0 radical (unpaired) electrons. The molecular formula is C16H26N2O2. The molecule has 1 fully saturated rings. The molecule has 1 aliphatic heterocycles. The van der Waals surface area contributed by atoms with Crippen LogP contribution in [0.4, 0.5) is 0 Å². The molecular weight excluding hydrogens is 252 g/mol. The van der Waals surface area contributed by atoms with Crippen molar-refractivity contribution in [3.8, 4) is 0 Å². The third-order valence-electron chi connectivity index (χ3n) is 3.66. The van der Waals surface area contributed by atoms with E-state index in [1.54, 1.807) is 0 Å². The molecule has 1 atom stereocenters. The number of nitrogens with one attached hydrogen (secondary N) is 1. The first-order valence-electron chi connectivity index (χ1n) is 7.57. The van der Waals surface area contributed by atoms with Crippen LogP contribution in [0.2, 0.25) is 0 Å². The summed E-state index contributed by atoms with van der Waals surface area (Å²) in [5.41, 5.74) is 1.39. The van der Waals surface area contributed by atoms with Crippen LogP contribution in [0.3, 0.4) is 0 Å². The molecule has 0 aromatic heterocycles. The summed E-state index contributed by atoms with van der Waals surface area (Å²) in [5.74, 6) is 0. The van der Waals surface area contributed by atoms with Gasteiger partial charge in [0.2, 0.25) is 0 Å². The van der Waals surface area contributed by atoms with E-state index in [1.165, 1.54) is 18.5 Å². The molecule has 2 N–H and O–H groups in total. The zero-order valence-electron chi connectivity index (χ0n) is 12.1. The molecule has 0 amide bonds. The topological polar surface area (TPSA) is 44.7 Å². The highest BCUT2D eigenvalue weighted by Gasteiger charge is 2.21. The highest BCUT2D eigenvalue weighted by atomic mass is 16.5. The first kappa shape index (κ1) is 15.4. The second kappa shape index (κ2) is 9.08. The van der Waals surface area contributed by atoms with E-state index < -0.39 is 0 Å². The molecule has 1 heterocycles. The van der Waals surface area contributed by atoms with Crippen LogP contribution in [0.5, 0.6) is 0 Å². The van der Waals surface area contributed by atoms with Crippen LogP contribution >= 0.6 is 0 Å². The van der Waals surface area contributed by atoms with Crippen molar-refractivity contribution in [2.24, 2.45) is 0 Å². The standard InChI is InChI=1S/C16H26N2O2/c19-10-12-20-11-4-8-17-16-7-9-18(14-16)13-15-5-2-1-3-6-15/h1-3,5-6,16-17,19H,4,7-14H2. The molecule has 1 aliphatic rings. The predicted octanol–water partition coefficient (Wildman–Crippen LogP) is 1.25. The Morgan fingerprint density at radius 3 is 2.90 bits per heavy atom. The number of benzene rings is 1. The van der Waals surface area contributed by atoms with Crippen LogP contribution in [-0.2, 0) is 11.3 Å². The first-order chi connectivity index (χ1) is 9.88. The van der Waals surface area contributed by atoms with Crippen molar-refractivity contribution in [2.75, 3.05) is 39.5 Å². The van der Waals surface area contributed by atoms with E-state index in [2.05, 4.69) is 40.5 Å². The van der Waals surface area contributed by atoms with E-state index in [1.807, 2.05) is 0 Å². The minimum absolute atomic E-state index is 0.116. The molecule has 112 valence electrons. The number of likely N-dealkylation sites (tertiary alicyclic amines) is 1. The Bertz CT molecular complexity index is 359. The van der Waals surface area contributed by atoms with E-state index in [0.29, 0.717) is 12.6 Å². The first-order valence-corrected chi connectivity index (χ1v) is 7.57. The van der Waals surface area contributed by atoms with Gasteiger partial charge in [-0.1, -0.05) is 30.3 Å². The minimum Gasteiger partial charge on any atom is -0.394 e. The predicted molar refractivity (Wildman–Crippen MR) is 80.6 cm³/mol. The van der Waals surface area contributed by atoms with Crippen LogP contribution in [0.1, 0.15) is 18.4 Å². The Hall–Kier alpha value is -0.940. The molecule has 0 spiro atoms. The molecule has 1 aromatic rings. The average molecular weight is 278 g/mol. The van der Waals surface area contributed by atoms with Crippen LogP contribution in [0, 0.1) is 0 Å². The molecule has 20 heavy (non-hydrogen) atoms. The van der Waals surface area contributed by atoms with Crippen molar-refractivity contribution < 1.29 is 9.84 Å². The van der Waals surface area contributed by atoms with Gasteiger partial charge in [-0.2, -0.15) is 0 Å². The van der Waals surface area contributed by atoms with Crippen LogP contribution in [0.25, 0.3) is 0 Å². The normalized spacial score (nSPS) is 19.6. The second-order valence-corrected chi connectivity index (χ2v) is 5.35. The smallest absolute Gasteiger partial charge is 0.0697 e. The Kier molecular flexibility index (Phi) is 7.01. The lowest BCUT2D eigenvalue weighted by Crippen LogP contribution is -2.33. The van der Waals surface area contributed by atoms with Crippen molar-refractivity contribution in [2.45, 2.75) is 25.4 Å². The van der Waals surface area contributed by atoms with Gasteiger partial charge in [0.15, 0.2) is 0 Å². The second-order valence-electron chi connectivity index (χ2n) is 5.35. The summed E-state index contributed by atoms with van der Waals surface area (Å²) in [6, 6.07) is 11.3. The van der Waals surface area contributed by atoms with Gasteiger partial charge < -0.3 is 15.2 Å². The highest BCUT2D eigenvalue weighted by Crippen LogP contribution is 2.13. The van der Waals surface area contributed by atoms with E-state index in [9.17, 15) is 0 Å². The number of hydrogen-bond acceptors (Lipinski definition) is 4. The number of ether oxygens (including phenoxy) is 1. The molecule has 4 nitrogen and oxygen atoms in total. The van der Waals surface area contributed by atoms with Gasteiger partial charge in [-0.3, -0.25) is 4.90 Å². The average Bonchev–Trinajstić information content (AvgIpc) is 2.91. The van der Waals surface area contributed by atoms with Gasteiger partial charge in [0.25, 0.3) is 0 Å². The van der Waals surface area contributed by atoms with Gasteiger partial charge in [0, 0.05) is 32.3 Å². The fourth-order valence-corrected chi connectivity index (χ4v) is 2.63. The Labute approximate surface area is 121 Å². The Morgan fingerprint density at radius 1 is 1.25 bits per heavy atom. The lowest BCUT2D eigenvalue weighted by Gasteiger charge is -2.16. The number of aliphatic hydroxyl groups is 1. The highest BCUT2D eigenvalue weighted by molar-refractivity contribution is 5.14. The quantitative estimate of drug-likeness (QED) is 0.667. The number of rotatable bonds is 9. The Balaban J connectivity index is 1.56. The number of aliphatic hydroxyl groups excluding tert-OH is 1. The maximum absolute atomic E-state index is 8.60. The van der Waals surface area contributed by atoms with Gasteiger partial charge in [0.05, 0.1) is 13.2 Å². The number of hydrogen-bond donors (Lipinski definition) is 2. The van der Waals surface area contributed by atoms with Crippen LogP contribution in [0.15, 0.2) is 30.3 Å². The molecule has 1 unspecified atom stereocenters. The van der Waals surface area contributed by atoms with Gasteiger partial charge in [0.1, 0.15) is 0 Å². The molecule has 0 bridgehead atoms. The van der Waals surface area contributed by atoms with E-state index in [-0.39, 0.29) is 6.61 Å². The molecule has 4 heteroatoms. The third-order valence-corrected chi connectivity index (χ3v) is 3.66. The van der Waals surface area contributed by atoms with Crippen LogP contribution < -0.4 is 5.32 Å². The molecule has 0 aliphatic carbocycles. The van der Waals surface area contributed by atoms with E-state index >= 15 is 0 Å². The summed E-state index contributed by atoms with van der Waals surface area (Å²) in [5, 5.41) is 12.2. The number of nitrogens with zero attached hydrogens (tertiary/aromatic N) is 1. The zero-order valence-corrected chi connectivity index (χ0v) is 12.1. The van der Waals surface area contributed by atoms with Crippen molar-refractivity contribution in [3.63, 3.8) is 0 Å². The molecule has 0 saturated carbocycles.